The Morgan fingerprint density at radius 1 is 1.20 bits per heavy atom. The third-order valence-electron chi connectivity index (χ3n) is 4.12. The number of piperidine rings is 1. The molecule has 0 aliphatic carbocycles. The first-order valence-electron chi connectivity index (χ1n) is 7.90. The number of likely N-dealkylation sites (N-methyl/N-ethyl adjacent to an activating group) is 1. The van der Waals surface area contributed by atoms with Gasteiger partial charge in [0.2, 0.25) is 0 Å². The number of ether oxygens (including phenoxy) is 1. The Morgan fingerprint density at radius 2 is 1.90 bits per heavy atom. The summed E-state index contributed by atoms with van der Waals surface area (Å²) in [5.74, 6) is 1.84. The fourth-order valence-electron chi connectivity index (χ4n) is 2.74. The molecule has 20 heavy (non-hydrogen) atoms. The molecule has 1 heterocycles. The van der Waals surface area contributed by atoms with Crippen molar-refractivity contribution in [2.45, 2.75) is 26.7 Å². The van der Waals surface area contributed by atoms with Crippen LogP contribution in [0.15, 0.2) is 24.3 Å². The molecule has 0 spiro atoms. The van der Waals surface area contributed by atoms with Gasteiger partial charge in [0.1, 0.15) is 12.4 Å². The molecule has 0 saturated carbocycles. The number of hydrogen-bond acceptors (Lipinski definition) is 3. The fraction of sp³-hybridized carbons (Fsp3) is 0.647. The Kier molecular flexibility index (Phi) is 6.34. The lowest BCUT2D eigenvalue weighted by atomic mass is 9.97. The van der Waals surface area contributed by atoms with Gasteiger partial charge in [-0.1, -0.05) is 24.6 Å². The number of nitrogens with one attached hydrogen (secondary N) is 1. The van der Waals surface area contributed by atoms with E-state index < -0.39 is 0 Å². The lowest BCUT2D eigenvalue weighted by molar-refractivity contribution is 0.178. The number of aryl methyl sites for hydroxylation is 1. The normalized spacial score (nSPS) is 16.6. The minimum absolute atomic E-state index is 0.780. The van der Waals surface area contributed by atoms with Crippen molar-refractivity contribution < 1.29 is 4.74 Å². The van der Waals surface area contributed by atoms with Crippen molar-refractivity contribution >= 4 is 0 Å². The van der Waals surface area contributed by atoms with Gasteiger partial charge in [0, 0.05) is 13.1 Å². The molecule has 1 N–H and O–H groups in total. The van der Waals surface area contributed by atoms with Crippen molar-refractivity contribution in [1.29, 1.82) is 0 Å². The van der Waals surface area contributed by atoms with E-state index >= 15 is 0 Å². The molecule has 1 fully saturated rings. The van der Waals surface area contributed by atoms with Crippen molar-refractivity contribution in [3.8, 4) is 5.75 Å². The summed E-state index contributed by atoms with van der Waals surface area (Å²) in [7, 11) is 0. The van der Waals surface area contributed by atoms with Crippen LogP contribution in [-0.2, 0) is 0 Å². The van der Waals surface area contributed by atoms with Crippen LogP contribution >= 0.6 is 0 Å². The molecular formula is C17H28N2O. The summed E-state index contributed by atoms with van der Waals surface area (Å²) in [5.41, 5.74) is 1.28. The predicted octanol–water partition coefficient (Wildman–Crippen LogP) is 2.70. The van der Waals surface area contributed by atoms with Crippen LogP contribution in [0.2, 0.25) is 0 Å². The van der Waals surface area contributed by atoms with E-state index in [2.05, 4.69) is 48.3 Å². The monoisotopic (exact) mass is 276 g/mol. The van der Waals surface area contributed by atoms with Crippen LogP contribution in [-0.4, -0.2) is 44.2 Å². The molecule has 2 rings (SSSR count). The van der Waals surface area contributed by atoms with Gasteiger partial charge in [-0.2, -0.15) is 0 Å². The highest BCUT2D eigenvalue weighted by atomic mass is 16.5. The van der Waals surface area contributed by atoms with Crippen LogP contribution in [0.4, 0.5) is 0 Å². The molecule has 1 aliphatic rings. The molecule has 1 aliphatic heterocycles. The van der Waals surface area contributed by atoms with Crippen molar-refractivity contribution in [1.82, 2.24) is 10.2 Å². The molecular weight excluding hydrogens is 248 g/mol. The quantitative estimate of drug-likeness (QED) is 0.828. The zero-order chi connectivity index (χ0) is 14.2. The first kappa shape index (κ1) is 15.3. The molecule has 1 aromatic carbocycles. The van der Waals surface area contributed by atoms with Crippen LogP contribution in [0.1, 0.15) is 25.3 Å². The van der Waals surface area contributed by atoms with Gasteiger partial charge in [0.05, 0.1) is 0 Å². The van der Waals surface area contributed by atoms with E-state index in [1.54, 1.807) is 0 Å². The van der Waals surface area contributed by atoms with Gasteiger partial charge in [-0.3, -0.25) is 4.90 Å². The van der Waals surface area contributed by atoms with Gasteiger partial charge in [-0.25, -0.2) is 0 Å². The van der Waals surface area contributed by atoms with E-state index in [0.717, 1.165) is 31.4 Å². The summed E-state index contributed by atoms with van der Waals surface area (Å²) in [4.78, 5) is 2.52. The zero-order valence-electron chi connectivity index (χ0n) is 12.9. The highest BCUT2D eigenvalue weighted by Gasteiger charge is 2.15. The second-order valence-corrected chi connectivity index (χ2v) is 5.75. The molecule has 0 radical (unpaired) electrons. The van der Waals surface area contributed by atoms with Crippen LogP contribution < -0.4 is 10.1 Å². The van der Waals surface area contributed by atoms with E-state index in [9.17, 15) is 0 Å². The van der Waals surface area contributed by atoms with Crippen LogP contribution in [0.5, 0.6) is 5.75 Å². The van der Waals surface area contributed by atoms with E-state index in [1.165, 1.54) is 38.0 Å². The molecule has 0 bridgehead atoms. The van der Waals surface area contributed by atoms with Gasteiger partial charge in [0.25, 0.3) is 0 Å². The number of benzene rings is 1. The maximum atomic E-state index is 5.83. The maximum Gasteiger partial charge on any atom is 0.119 e. The average Bonchev–Trinajstić information content (AvgIpc) is 2.49. The van der Waals surface area contributed by atoms with E-state index in [0.29, 0.717) is 0 Å². The van der Waals surface area contributed by atoms with Crippen molar-refractivity contribution in [2.24, 2.45) is 5.92 Å². The van der Waals surface area contributed by atoms with Crippen LogP contribution in [0.3, 0.4) is 0 Å². The lowest BCUT2D eigenvalue weighted by Crippen LogP contribution is -2.37. The second-order valence-electron chi connectivity index (χ2n) is 5.75. The summed E-state index contributed by atoms with van der Waals surface area (Å²) in [6.45, 7) is 10.8. The Morgan fingerprint density at radius 3 is 2.55 bits per heavy atom. The summed E-state index contributed by atoms with van der Waals surface area (Å²) < 4.78 is 5.83. The minimum atomic E-state index is 0.780. The maximum absolute atomic E-state index is 5.83. The molecule has 0 aromatic heterocycles. The Hall–Kier alpha value is -1.06. The predicted molar refractivity (Wildman–Crippen MR) is 84.4 cm³/mol. The van der Waals surface area contributed by atoms with Gasteiger partial charge < -0.3 is 10.1 Å². The first-order valence-corrected chi connectivity index (χ1v) is 7.90. The van der Waals surface area contributed by atoms with Gasteiger partial charge in [-0.05, 0) is 57.5 Å². The highest BCUT2D eigenvalue weighted by Crippen LogP contribution is 2.14. The standard InChI is InChI=1S/C17H28N2O/c1-3-19(14-16-8-10-18-11-9-16)12-13-20-17-6-4-15(2)5-7-17/h4-7,16,18H,3,8-14H2,1-2H3. The number of nitrogens with zero attached hydrogens (tertiary/aromatic N) is 1. The van der Waals surface area contributed by atoms with Crippen LogP contribution in [0, 0.1) is 12.8 Å². The lowest BCUT2D eigenvalue weighted by Gasteiger charge is -2.29. The van der Waals surface area contributed by atoms with Gasteiger partial charge in [0.15, 0.2) is 0 Å². The molecule has 1 saturated heterocycles. The second kappa shape index (κ2) is 8.28. The number of rotatable bonds is 7. The Balaban J connectivity index is 1.68. The zero-order valence-corrected chi connectivity index (χ0v) is 12.9. The molecule has 0 atom stereocenters. The molecule has 3 heteroatoms. The van der Waals surface area contributed by atoms with Crippen molar-refractivity contribution in [3.05, 3.63) is 29.8 Å². The van der Waals surface area contributed by atoms with Crippen molar-refractivity contribution in [2.75, 3.05) is 39.3 Å². The van der Waals surface area contributed by atoms with E-state index in [1.807, 2.05) is 0 Å². The Bertz CT molecular complexity index is 371. The third-order valence-corrected chi connectivity index (χ3v) is 4.12. The molecule has 0 unspecified atom stereocenters. The number of hydrogen-bond donors (Lipinski definition) is 1. The van der Waals surface area contributed by atoms with E-state index in [4.69, 9.17) is 4.74 Å². The summed E-state index contributed by atoms with van der Waals surface area (Å²) in [5, 5.41) is 3.43. The molecule has 1 aromatic rings. The summed E-state index contributed by atoms with van der Waals surface area (Å²) >= 11 is 0. The molecule has 0 amide bonds. The molecule has 3 nitrogen and oxygen atoms in total. The van der Waals surface area contributed by atoms with Gasteiger partial charge in [-0.15, -0.1) is 0 Å². The minimum Gasteiger partial charge on any atom is -0.492 e. The summed E-state index contributed by atoms with van der Waals surface area (Å²) in [6, 6.07) is 8.31. The highest BCUT2D eigenvalue weighted by molar-refractivity contribution is 5.26. The topological polar surface area (TPSA) is 24.5 Å². The summed E-state index contributed by atoms with van der Waals surface area (Å²) in [6.07, 6.45) is 2.63. The smallest absolute Gasteiger partial charge is 0.119 e. The largest absolute Gasteiger partial charge is 0.492 e. The Labute approximate surface area is 123 Å². The average molecular weight is 276 g/mol. The fourth-order valence-corrected chi connectivity index (χ4v) is 2.74. The van der Waals surface area contributed by atoms with Gasteiger partial charge >= 0.3 is 0 Å². The van der Waals surface area contributed by atoms with Crippen LogP contribution in [0.25, 0.3) is 0 Å². The first-order chi connectivity index (χ1) is 9.78. The molecule has 112 valence electrons. The third kappa shape index (κ3) is 5.14. The van der Waals surface area contributed by atoms with Crippen molar-refractivity contribution in [3.63, 3.8) is 0 Å². The SMILES string of the molecule is CCN(CCOc1ccc(C)cc1)CC1CCNCC1. The van der Waals surface area contributed by atoms with E-state index in [-0.39, 0.29) is 0 Å².